The summed E-state index contributed by atoms with van der Waals surface area (Å²) in [6.07, 6.45) is 0. The maximum Gasteiger partial charge on any atom is 0.319 e. The summed E-state index contributed by atoms with van der Waals surface area (Å²) in [6, 6.07) is 12.8. The molecule has 6 heteroatoms. The number of halogens is 1. The topological polar surface area (TPSA) is 59.6 Å². The number of urea groups is 1. The summed E-state index contributed by atoms with van der Waals surface area (Å²) < 4.78 is 10.5. The van der Waals surface area contributed by atoms with E-state index in [2.05, 4.69) is 10.6 Å². The van der Waals surface area contributed by atoms with E-state index in [0.717, 1.165) is 11.1 Å². The molecule has 0 atom stereocenters. The van der Waals surface area contributed by atoms with Crippen LogP contribution in [-0.2, 0) is 11.3 Å². The highest BCUT2D eigenvalue weighted by atomic mass is 35.5. The highest BCUT2D eigenvalue weighted by Crippen LogP contribution is 2.32. The quantitative estimate of drug-likeness (QED) is 0.744. The van der Waals surface area contributed by atoms with Crippen molar-refractivity contribution in [1.29, 1.82) is 0 Å². The van der Waals surface area contributed by atoms with Gasteiger partial charge in [0, 0.05) is 13.7 Å². The van der Waals surface area contributed by atoms with Gasteiger partial charge in [-0.05, 0) is 30.2 Å². The first kappa shape index (κ1) is 18.1. The molecule has 0 aliphatic rings. The zero-order chi connectivity index (χ0) is 17.4. The Kier molecular flexibility index (Phi) is 6.90. The molecule has 0 fully saturated rings. The van der Waals surface area contributed by atoms with Crippen LogP contribution in [0.25, 0.3) is 0 Å². The third kappa shape index (κ3) is 5.15. The minimum absolute atomic E-state index is 0.322. The van der Waals surface area contributed by atoms with Crippen molar-refractivity contribution >= 4 is 23.3 Å². The summed E-state index contributed by atoms with van der Waals surface area (Å²) in [6.45, 7) is 3.23. The number of hydrogen-bond donors (Lipinski definition) is 2. The third-order valence-electron chi connectivity index (χ3n) is 3.45. The molecular formula is C18H21ClN2O3. The lowest BCUT2D eigenvalue weighted by molar-refractivity contribution is 0.146. The molecule has 2 aromatic carbocycles. The lowest BCUT2D eigenvalue weighted by Gasteiger charge is -2.14. The van der Waals surface area contributed by atoms with E-state index in [1.807, 2.05) is 31.2 Å². The summed E-state index contributed by atoms with van der Waals surface area (Å²) in [4.78, 5) is 12.1. The Labute approximate surface area is 146 Å². The number of amides is 2. The molecule has 2 amide bonds. The van der Waals surface area contributed by atoms with Gasteiger partial charge in [0.1, 0.15) is 6.61 Å². The van der Waals surface area contributed by atoms with Crippen LogP contribution in [0.3, 0.4) is 0 Å². The number of carbonyl (C=O) groups is 1. The van der Waals surface area contributed by atoms with Crippen LogP contribution in [0.5, 0.6) is 5.75 Å². The first-order valence-electron chi connectivity index (χ1n) is 7.61. The van der Waals surface area contributed by atoms with Gasteiger partial charge in [-0.15, -0.1) is 0 Å². The van der Waals surface area contributed by atoms with Crippen LogP contribution in [0.1, 0.15) is 11.1 Å². The fraction of sp³-hybridized carbons (Fsp3) is 0.278. The molecule has 128 valence electrons. The van der Waals surface area contributed by atoms with Gasteiger partial charge in [-0.2, -0.15) is 0 Å². The fourth-order valence-corrected chi connectivity index (χ4v) is 2.36. The van der Waals surface area contributed by atoms with E-state index in [9.17, 15) is 4.79 Å². The van der Waals surface area contributed by atoms with E-state index in [0.29, 0.717) is 36.2 Å². The SMILES string of the molecule is COCCOc1c(Cl)cccc1NC(=O)NCc1ccccc1C. The summed E-state index contributed by atoms with van der Waals surface area (Å²) in [5.74, 6) is 0.433. The summed E-state index contributed by atoms with van der Waals surface area (Å²) in [7, 11) is 1.59. The lowest BCUT2D eigenvalue weighted by Crippen LogP contribution is -2.28. The van der Waals surface area contributed by atoms with Crippen LogP contribution in [0.2, 0.25) is 5.02 Å². The number of methoxy groups -OCH3 is 1. The van der Waals surface area contributed by atoms with Crippen LogP contribution in [0.15, 0.2) is 42.5 Å². The van der Waals surface area contributed by atoms with Crippen molar-refractivity contribution in [2.24, 2.45) is 0 Å². The smallest absolute Gasteiger partial charge is 0.319 e. The number of rotatable bonds is 7. The number of aryl methyl sites for hydroxylation is 1. The molecule has 0 saturated carbocycles. The second kappa shape index (κ2) is 9.15. The van der Waals surface area contributed by atoms with Crippen LogP contribution >= 0.6 is 11.6 Å². The molecule has 0 saturated heterocycles. The molecule has 0 heterocycles. The highest BCUT2D eigenvalue weighted by Gasteiger charge is 2.11. The summed E-state index contributed by atoms with van der Waals surface area (Å²) in [5.41, 5.74) is 2.71. The second-order valence-electron chi connectivity index (χ2n) is 5.19. The summed E-state index contributed by atoms with van der Waals surface area (Å²) >= 11 is 6.15. The Hall–Kier alpha value is -2.24. The van der Waals surface area contributed by atoms with Crippen LogP contribution in [-0.4, -0.2) is 26.4 Å². The van der Waals surface area contributed by atoms with Crippen molar-refractivity contribution in [3.05, 3.63) is 58.6 Å². The van der Waals surface area contributed by atoms with Gasteiger partial charge in [0.25, 0.3) is 0 Å². The Morgan fingerprint density at radius 1 is 1.12 bits per heavy atom. The van der Waals surface area contributed by atoms with Crippen LogP contribution in [0, 0.1) is 6.92 Å². The van der Waals surface area contributed by atoms with Crippen molar-refractivity contribution in [2.75, 3.05) is 25.6 Å². The van der Waals surface area contributed by atoms with Crippen molar-refractivity contribution < 1.29 is 14.3 Å². The number of benzene rings is 2. The number of hydrogen-bond acceptors (Lipinski definition) is 3. The molecule has 2 aromatic rings. The molecular weight excluding hydrogens is 328 g/mol. The zero-order valence-electron chi connectivity index (χ0n) is 13.8. The number of carbonyl (C=O) groups excluding carboxylic acids is 1. The molecule has 2 rings (SSSR count). The van der Waals surface area contributed by atoms with E-state index in [1.165, 1.54) is 0 Å². The van der Waals surface area contributed by atoms with E-state index in [1.54, 1.807) is 25.3 Å². The third-order valence-corrected chi connectivity index (χ3v) is 3.75. The lowest BCUT2D eigenvalue weighted by atomic mass is 10.1. The van der Waals surface area contributed by atoms with Crippen LogP contribution in [0.4, 0.5) is 10.5 Å². The molecule has 0 bridgehead atoms. The maximum atomic E-state index is 12.1. The minimum Gasteiger partial charge on any atom is -0.487 e. The van der Waals surface area contributed by atoms with Gasteiger partial charge >= 0.3 is 6.03 Å². The first-order valence-corrected chi connectivity index (χ1v) is 7.99. The Morgan fingerprint density at radius 3 is 2.67 bits per heavy atom. The molecule has 0 unspecified atom stereocenters. The average molecular weight is 349 g/mol. The number of ether oxygens (including phenoxy) is 2. The molecule has 0 aromatic heterocycles. The Morgan fingerprint density at radius 2 is 1.92 bits per heavy atom. The van der Waals surface area contributed by atoms with Gasteiger partial charge in [0.05, 0.1) is 17.3 Å². The standard InChI is InChI=1S/C18H21ClN2O3/c1-13-6-3-4-7-14(13)12-20-18(22)21-16-9-5-8-15(19)17(16)24-11-10-23-2/h3-9H,10-12H2,1-2H3,(H2,20,21,22). The molecule has 0 aliphatic carbocycles. The van der Waals surface area contributed by atoms with Crippen molar-refractivity contribution in [1.82, 2.24) is 5.32 Å². The number of nitrogens with one attached hydrogen (secondary N) is 2. The molecule has 0 spiro atoms. The van der Waals surface area contributed by atoms with Gasteiger partial charge in [-0.3, -0.25) is 0 Å². The average Bonchev–Trinajstić information content (AvgIpc) is 2.57. The minimum atomic E-state index is -0.322. The zero-order valence-corrected chi connectivity index (χ0v) is 14.5. The van der Waals surface area contributed by atoms with Gasteiger partial charge in [-0.1, -0.05) is 41.9 Å². The summed E-state index contributed by atoms with van der Waals surface area (Å²) in [5, 5.41) is 6.03. The monoisotopic (exact) mass is 348 g/mol. The van der Waals surface area contributed by atoms with E-state index in [4.69, 9.17) is 21.1 Å². The van der Waals surface area contributed by atoms with Crippen molar-refractivity contribution in [3.63, 3.8) is 0 Å². The number of anilines is 1. The second-order valence-corrected chi connectivity index (χ2v) is 5.60. The normalized spacial score (nSPS) is 10.3. The molecule has 2 N–H and O–H groups in total. The van der Waals surface area contributed by atoms with Gasteiger partial charge < -0.3 is 20.1 Å². The molecule has 5 nitrogen and oxygen atoms in total. The molecule has 0 radical (unpaired) electrons. The van der Waals surface area contributed by atoms with Gasteiger partial charge in [-0.25, -0.2) is 4.79 Å². The highest BCUT2D eigenvalue weighted by molar-refractivity contribution is 6.32. The fourth-order valence-electron chi connectivity index (χ4n) is 2.13. The van der Waals surface area contributed by atoms with E-state index in [-0.39, 0.29) is 6.03 Å². The van der Waals surface area contributed by atoms with Crippen molar-refractivity contribution in [2.45, 2.75) is 13.5 Å². The van der Waals surface area contributed by atoms with Gasteiger partial charge in [0.15, 0.2) is 5.75 Å². The molecule has 0 aliphatic heterocycles. The predicted octanol–water partition coefficient (Wildman–Crippen LogP) is 4.00. The largest absolute Gasteiger partial charge is 0.487 e. The van der Waals surface area contributed by atoms with Gasteiger partial charge in [0.2, 0.25) is 0 Å². The molecule has 24 heavy (non-hydrogen) atoms. The Balaban J connectivity index is 1.98. The Bertz CT molecular complexity index is 692. The first-order chi connectivity index (χ1) is 11.6. The number of para-hydroxylation sites is 1. The van der Waals surface area contributed by atoms with E-state index < -0.39 is 0 Å². The predicted molar refractivity (Wildman–Crippen MR) is 95.9 cm³/mol. The maximum absolute atomic E-state index is 12.1. The van der Waals surface area contributed by atoms with Crippen molar-refractivity contribution in [3.8, 4) is 5.75 Å². The van der Waals surface area contributed by atoms with Crippen LogP contribution < -0.4 is 15.4 Å². The van der Waals surface area contributed by atoms with E-state index >= 15 is 0 Å².